The Hall–Kier alpha value is -2.87. The highest BCUT2D eigenvalue weighted by molar-refractivity contribution is 7.92. The van der Waals surface area contributed by atoms with E-state index in [1.54, 1.807) is 19.1 Å². The number of rotatable bonds is 8. The minimum atomic E-state index is -3.78. The molecule has 162 valence electrons. The molecule has 30 heavy (non-hydrogen) atoms. The number of benzene rings is 2. The van der Waals surface area contributed by atoms with Gasteiger partial charge >= 0.3 is 0 Å². The number of sulfonamides is 1. The summed E-state index contributed by atoms with van der Waals surface area (Å²) in [5.74, 6) is -0.720. The summed E-state index contributed by atoms with van der Waals surface area (Å²) < 4.78 is 27.8. The van der Waals surface area contributed by atoms with Crippen LogP contribution in [-0.4, -0.2) is 32.3 Å². The Bertz CT molecular complexity index is 1020. The molecular formula is C22H29N3O4S. The van der Waals surface area contributed by atoms with E-state index in [0.717, 1.165) is 17.5 Å². The SMILES string of the molecule is CCC(C)NC(=O)C(C)NC(=O)c1ccc(S(=O)(=O)Nc2ccc(C)c(C)c2)cc1. The van der Waals surface area contributed by atoms with E-state index >= 15 is 0 Å². The summed E-state index contributed by atoms with van der Waals surface area (Å²) >= 11 is 0. The maximum atomic E-state index is 12.6. The first kappa shape index (κ1) is 23.4. The molecule has 2 aromatic rings. The Kier molecular flexibility index (Phi) is 7.61. The van der Waals surface area contributed by atoms with Crippen molar-refractivity contribution in [2.75, 3.05) is 4.72 Å². The number of carbonyl (C=O) groups is 2. The molecule has 0 aliphatic rings. The molecule has 2 rings (SSSR count). The quantitative estimate of drug-likeness (QED) is 0.597. The van der Waals surface area contributed by atoms with Gasteiger partial charge in [-0.3, -0.25) is 14.3 Å². The molecule has 3 N–H and O–H groups in total. The third-order valence-corrected chi connectivity index (χ3v) is 6.33. The van der Waals surface area contributed by atoms with Crippen molar-refractivity contribution < 1.29 is 18.0 Å². The van der Waals surface area contributed by atoms with E-state index in [4.69, 9.17) is 0 Å². The van der Waals surface area contributed by atoms with Crippen LogP contribution in [0.3, 0.4) is 0 Å². The van der Waals surface area contributed by atoms with Gasteiger partial charge in [0.25, 0.3) is 15.9 Å². The molecule has 8 heteroatoms. The van der Waals surface area contributed by atoms with Gasteiger partial charge < -0.3 is 10.6 Å². The van der Waals surface area contributed by atoms with Crippen molar-refractivity contribution in [3.8, 4) is 0 Å². The Labute approximate surface area is 178 Å². The molecule has 0 fully saturated rings. The van der Waals surface area contributed by atoms with E-state index in [0.29, 0.717) is 5.69 Å². The van der Waals surface area contributed by atoms with Crippen LogP contribution in [0.25, 0.3) is 0 Å². The summed E-state index contributed by atoms with van der Waals surface area (Å²) in [5.41, 5.74) is 2.79. The largest absolute Gasteiger partial charge is 0.352 e. The van der Waals surface area contributed by atoms with Gasteiger partial charge in [0.2, 0.25) is 5.91 Å². The lowest BCUT2D eigenvalue weighted by Gasteiger charge is -2.17. The third-order valence-electron chi connectivity index (χ3n) is 4.93. The fourth-order valence-electron chi connectivity index (χ4n) is 2.62. The van der Waals surface area contributed by atoms with Gasteiger partial charge in [0, 0.05) is 17.3 Å². The van der Waals surface area contributed by atoms with Crippen LogP contribution in [0.4, 0.5) is 5.69 Å². The summed E-state index contributed by atoms with van der Waals surface area (Å²) in [4.78, 5) is 24.5. The zero-order valence-corrected chi connectivity index (χ0v) is 18.8. The highest BCUT2D eigenvalue weighted by Crippen LogP contribution is 2.19. The molecule has 0 aliphatic carbocycles. The van der Waals surface area contributed by atoms with Gasteiger partial charge in [0.15, 0.2) is 0 Å². The van der Waals surface area contributed by atoms with Crippen molar-refractivity contribution >= 4 is 27.5 Å². The molecule has 2 unspecified atom stereocenters. The lowest BCUT2D eigenvalue weighted by Crippen LogP contribution is -2.47. The van der Waals surface area contributed by atoms with Crippen LogP contribution in [0.2, 0.25) is 0 Å². The molecule has 7 nitrogen and oxygen atoms in total. The Morgan fingerprint density at radius 3 is 2.13 bits per heavy atom. The van der Waals surface area contributed by atoms with Crippen LogP contribution < -0.4 is 15.4 Å². The van der Waals surface area contributed by atoms with Gasteiger partial charge in [0.05, 0.1) is 4.90 Å². The molecule has 0 heterocycles. The van der Waals surface area contributed by atoms with E-state index in [2.05, 4.69) is 15.4 Å². The van der Waals surface area contributed by atoms with Crippen LogP contribution in [0.1, 0.15) is 48.7 Å². The molecule has 2 amide bonds. The zero-order chi connectivity index (χ0) is 22.5. The highest BCUT2D eigenvalue weighted by atomic mass is 32.2. The van der Waals surface area contributed by atoms with E-state index < -0.39 is 22.0 Å². The molecule has 0 spiro atoms. The van der Waals surface area contributed by atoms with Crippen molar-refractivity contribution in [1.29, 1.82) is 0 Å². The molecule has 0 saturated heterocycles. The molecule has 2 atom stereocenters. The number of nitrogens with one attached hydrogen (secondary N) is 3. The van der Waals surface area contributed by atoms with E-state index in [1.807, 2.05) is 33.8 Å². The van der Waals surface area contributed by atoms with Gasteiger partial charge in [-0.2, -0.15) is 0 Å². The molecule has 0 aliphatic heterocycles. The Morgan fingerprint density at radius 2 is 1.57 bits per heavy atom. The van der Waals surface area contributed by atoms with E-state index in [1.165, 1.54) is 24.3 Å². The molecule has 0 bridgehead atoms. The fraction of sp³-hybridized carbons (Fsp3) is 0.364. The fourth-order valence-corrected chi connectivity index (χ4v) is 3.67. The van der Waals surface area contributed by atoms with Crippen LogP contribution >= 0.6 is 0 Å². The molecule has 0 saturated carbocycles. The van der Waals surface area contributed by atoms with Crippen LogP contribution in [-0.2, 0) is 14.8 Å². The monoisotopic (exact) mass is 431 g/mol. The average molecular weight is 432 g/mol. The van der Waals surface area contributed by atoms with Crippen molar-refractivity contribution in [3.63, 3.8) is 0 Å². The molecular weight excluding hydrogens is 402 g/mol. The molecule has 2 aromatic carbocycles. The lowest BCUT2D eigenvalue weighted by molar-refractivity contribution is -0.123. The first-order valence-electron chi connectivity index (χ1n) is 9.85. The van der Waals surface area contributed by atoms with Crippen molar-refractivity contribution in [1.82, 2.24) is 10.6 Å². The maximum absolute atomic E-state index is 12.6. The van der Waals surface area contributed by atoms with Crippen LogP contribution in [0.15, 0.2) is 47.4 Å². The van der Waals surface area contributed by atoms with Crippen molar-refractivity contribution in [2.45, 2.75) is 58.0 Å². The number of hydrogen-bond acceptors (Lipinski definition) is 4. The summed E-state index contributed by atoms with van der Waals surface area (Å²) in [6, 6.07) is 10.2. The number of carbonyl (C=O) groups excluding carboxylic acids is 2. The van der Waals surface area contributed by atoms with Gasteiger partial charge in [-0.1, -0.05) is 13.0 Å². The normalized spacial score (nSPS) is 13.2. The van der Waals surface area contributed by atoms with E-state index in [-0.39, 0.29) is 22.4 Å². The number of aryl methyl sites for hydroxylation is 2. The zero-order valence-electron chi connectivity index (χ0n) is 17.9. The molecule has 0 aromatic heterocycles. The van der Waals surface area contributed by atoms with Gasteiger partial charge in [-0.15, -0.1) is 0 Å². The second-order valence-corrected chi connectivity index (χ2v) is 9.12. The van der Waals surface area contributed by atoms with Gasteiger partial charge in [-0.05, 0) is 81.6 Å². The topological polar surface area (TPSA) is 104 Å². The second kappa shape index (κ2) is 9.75. The average Bonchev–Trinajstić information content (AvgIpc) is 2.70. The first-order chi connectivity index (χ1) is 14.0. The number of hydrogen-bond donors (Lipinski definition) is 3. The maximum Gasteiger partial charge on any atom is 0.261 e. The predicted octanol–water partition coefficient (Wildman–Crippen LogP) is 3.14. The third kappa shape index (κ3) is 6.06. The van der Waals surface area contributed by atoms with Crippen LogP contribution in [0.5, 0.6) is 0 Å². The number of amides is 2. The summed E-state index contributed by atoms with van der Waals surface area (Å²) in [5, 5.41) is 5.42. The Morgan fingerprint density at radius 1 is 0.933 bits per heavy atom. The standard InChI is InChI=1S/C22H29N3O4S/c1-6-16(4)23-21(26)17(5)24-22(27)18-8-11-20(12-9-18)30(28,29)25-19-10-7-14(2)15(3)13-19/h7-13,16-17,25H,6H2,1-5H3,(H,23,26)(H,24,27). The Balaban J connectivity index is 2.06. The van der Waals surface area contributed by atoms with Crippen LogP contribution in [0, 0.1) is 13.8 Å². The minimum absolute atomic E-state index is 0.0196. The lowest BCUT2D eigenvalue weighted by atomic mass is 10.1. The smallest absolute Gasteiger partial charge is 0.261 e. The van der Waals surface area contributed by atoms with Crippen molar-refractivity contribution in [2.24, 2.45) is 0 Å². The van der Waals surface area contributed by atoms with E-state index in [9.17, 15) is 18.0 Å². The minimum Gasteiger partial charge on any atom is -0.352 e. The second-order valence-electron chi connectivity index (χ2n) is 7.44. The predicted molar refractivity (Wildman–Crippen MR) is 118 cm³/mol. The summed E-state index contributed by atoms with van der Waals surface area (Å²) in [6.45, 7) is 9.30. The first-order valence-corrected chi connectivity index (χ1v) is 11.3. The highest BCUT2D eigenvalue weighted by Gasteiger charge is 2.19. The van der Waals surface area contributed by atoms with Gasteiger partial charge in [0.1, 0.15) is 6.04 Å². The van der Waals surface area contributed by atoms with Crippen molar-refractivity contribution in [3.05, 3.63) is 59.2 Å². The molecule has 0 radical (unpaired) electrons. The number of anilines is 1. The van der Waals surface area contributed by atoms with Gasteiger partial charge in [-0.25, -0.2) is 8.42 Å². The summed E-state index contributed by atoms with van der Waals surface area (Å²) in [6.07, 6.45) is 0.790. The summed E-state index contributed by atoms with van der Waals surface area (Å²) in [7, 11) is -3.78.